The van der Waals surface area contributed by atoms with Crippen LogP contribution in [0.2, 0.25) is 0 Å². The van der Waals surface area contributed by atoms with Gasteiger partial charge in [0, 0.05) is 7.11 Å². The summed E-state index contributed by atoms with van der Waals surface area (Å²) in [6, 6.07) is 8.44. The summed E-state index contributed by atoms with van der Waals surface area (Å²) in [4.78, 5) is 0. The summed E-state index contributed by atoms with van der Waals surface area (Å²) in [5.41, 5.74) is 1.38. The van der Waals surface area contributed by atoms with Gasteiger partial charge in [0.15, 0.2) is 6.29 Å². The van der Waals surface area contributed by atoms with Gasteiger partial charge < -0.3 is 14.2 Å². The highest BCUT2D eigenvalue weighted by Gasteiger charge is 2.20. The first-order chi connectivity index (χ1) is 12.1. The average molecular weight is 349 g/mol. The molecule has 3 nitrogen and oxygen atoms in total. The molecule has 1 aliphatic rings. The van der Waals surface area contributed by atoms with Crippen LogP contribution in [0.5, 0.6) is 5.75 Å². The van der Waals surface area contributed by atoms with Crippen LogP contribution in [-0.2, 0) is 15.9 Å². The largest absolute Gasteiger partial charge is 0.465 e. The molecule has 1 unspecified atom stereocenters. The maximum atomic E-state index is 5.88. The van der Waals surface area contributed by atoms with Crippen LogP contribution in [0.1, 0.15) is 64.9 Å². The van der Waals surface area contributed by atoms with Crippen molar-refractivity contribution in [2.75, 3.05) is 13.7 Å². The van der Waals surface area contributed by atoms with Gasteiger partial charge in [0.25, 0.3) is 0 Å². The van der Waals surface area contributed by atoms with Crippen molar-refractivity contribution in [3.8, 4) is 5.75 Å². The zero-order valence-corrected chi connectivity index (χ0v) is 16.5. The maximum absolute atomic E-state index is 5.88. The number of ether oxygens (including phenoxy) is 3. The molecule has 0 spiro atoms. The third-order valence-electron chi connectivity index (χ3n) is 5.24. The second kappa shape index (κ2) is 10.8. The zero-order chi connectivity index (χ0) is 18.1. The minimum atomic E-state index is -0.197. The summed E-state index contributed by atoms with van der Waals surface area (Å²) in [5.74, 6) is 2.41. The van der Waals surface area contributed by atoms with E-state index >= 15 is 0 Å². The van der Waals surface area contributed by atoms with E-state index in [1.54, 1.807) is 0 Å². The number of rotatable bonds is 10. The van der Waals surface area contributed by atoms with E-state index in [9.17, 15) is 0 Å². The molecule has 0 amide bonds. The number of methoxy groups -OCH3 is 1. The molecule has 1 aliphatic carbocycles. The molecule has 0 radical (unpaired) electrons. The lowest BCUT2D eigenvalue weighted by Gasteiger charge is -2.27. The first kappa shape index (κ1) is 20.3. The summed E-state index contributed by atoms with van der Waals surface area (Å²) in [7, 11) is 1.82. The highest BCUT2D eigenvalue weighted by atomic mass is 16.7. The Hall–Kier alpha value is -1.06. The van der Waals surface area contributed by atoms with Crippen molar-refractivity contribution >= 4 is 0 Å². The molecule has 1 aromatic carbocycles. The Bertz CT molecular complexity index is 461. The highest BCUT2D eigenvalue weighted by Crippen LogP contribution is 2.28. The highest BCUT2D eigenvalue weighted by molar-refractivity contribution is 5.27. The van der Waals surface area contributed by atoms with Crippen molar-refractivity contribution in [3.05, 3.63) is 29.8 Å². The van der Waals surface area contributed by atoms with Crippen LogP contribution in [0.3, 0.4) is 0 Å². The molecular formula is C22H36O3. The number of hydrogen-bond donors (Lipinski definition) is 0. The lowest BCUT2D eigenvalue weighted by atomic mass is 9.85. The molecule has 1 aromatic rings. The van der Waals surface area contributed by atoms with Gasteiger partial charge in [-0.1, -0.05) is 26.0 Å². The van der Waals surface area contributed by atoms with Crippen LogP contribution in [0, 0.1) is 11.8 Å². The van der Waals surface area contributed by atoms with Crippen LogP contribution in [0.25, 0.3) is 0 Å². The zero-order valence-electron chi connectivity index (χ0n) is 16.5. The molecule has 0 aromatic heterocycles. The van der Waals surface area contributed by atoms with E-state index in [4.69, 9.17) is 14.2 Å². The lowest BCUT2D eigenvalue weighted by molar-refractivity contribution is -0.0723. The fourth-order valence-electron chi connectivity index (χ4n) is 3.47. The summed E-state index contributed by atoms with van der Waals surface area (Å²) < 4.78 is 17.2. The Morgan fingerprint density at radius 3 is 2.28 bits per heavy atom. The van der Waals surface area contributed by atoms with Crippen LogP contribution < -0.4 is 4.74 Å². The van der Waals surface area contributed by atoms with Gasteiger partial charge in [-0.2, -0.15) is 0 Å². The summed E-state index contributed by atoms with van der Waals surface area (Å²) >= 11 is 0. The predicted octanol–water partition coefficient (Wildman–Crippen LogP) is 5.61. The second-order valence-electron chi connectivity index (χ2n) is 7.80. The monoisotopic (exact) mass is 348 g/mol. The van der Waals surface area contributed by atoms with Gasteiger partial charge in [0.2, 0.25) is 0 Å². The first-order valence-corrected chi connectivity index (χ1v) is 9.96. The van der Waals surface area contributed by atoms with E-state index in [2.05, 4.69) is 38.1 Å². The number of hydrogen-bond acceptors (Lipinski definition) is 3. The van der Waals surface area contributed by atoms with Crippen LogP contribution in [0.4, 0.5) is 0 Å². The minimum Gasteiger partial charge on any atom is -0.465 e. The van der Waals surface area contributed by atoms with Gasteiger partial charge in [-0.3, -0.25) is 0 Å². The quantitative estimate of drug-likeness (QED) is 0.514. The molecule has 3 heteroatoms. The summed E-state index contributed by atoms with van der Waals surface area (Å²) in [6.45, 7) is 7.28. The Balaban J connectivity index is 1.62. The van der Waals surface area contributed by atoms with E-state index in [1.807, 2.05) is 14.0 Å². The molecule has 0 bridgehead atoms. The molecule has 142 valence electrons. The Labute approximate surface area is 154 Å². The minimum absolute atomic E-state index is 0.197. The van der Waals surface area contributed by atoms with E-state index < -0.39 is 0 Å². The molecule has 1 fully saturated rings. The Morgan fingerprint density at radius 1 is 1.00 bits per heavy atom. The lowest BCUT2D eigenvalue weighted by Crippen LogP contribution is -2.23. The van der Waals surface area contributed by atoms with E-state index in [0.717, 1.165) is 37.0 Å². The first-order valence-electron chi connectivity index (χ1n) is 9.96. The Kier molecular flexibility index (Phi) is 8.77. The predicted molar refractivity (Wildman–Crippen MR) is 103 cm³/mol. The van der Waals surface area contributed by atoms with Gasteiger partial charge in [-0.15, -0.1) is 0 Å². The SMILES string of the molecule is COC1CCC(CCOC(C)Oc2ccc(CCC(C)C)cc2)CC1. The van der Waals surface area contributed by atoms with Gasteiger partial charge in [0.05, 0.1) is 12.7 Å². The van der Waals surface area contributed by atoms with Crippen LogP contribution in [-0.4, -0.2) is 26.1 Å². The molecule has 2 rings (SSSR count). The van der Waals surface area contributed by atoms with Crippen molar-refractivity contribution in [2.24, 2.45) is 11.8 Å². The average Bonchev–Trinajstić information content (AvgIpc) is 2.61. The second-order valence-corrected chi connectivity index (χ2v) is 7.80. The smallest absolute Gasteiger partial charge is 0.196 e. The number of aryl methyl sites for hydroxylation is 1. The fraction of sp³-hybridized carbons (Fsp3) is 0.727. The summed E-state index contributed by atoms with van der Waals surface area (Å²) in [6.07, 6.45) is 8.66. The third-order valence-corrected chi connectivity index (χ3v) is 5.24. The van der Waals surface area contributed by atoms with Crippen LogP contribution >= 0.6 is 0 Å². The van der Waals surface area contributed by atoms with E-state index in [-0.39, 0.29) is 6.29 Å². The maximum Gasteiger partial charge on any atom is 0.196 e. The molecule has 0 saturated heterocycles. The standard InChI is InChI=1S/C22H36O3/c1-17(2)5-6-19-9-13-22(14-10-19)25-18(3)24-16-15-20-7-11-21(23-4)12-8-20/h9-10,13-14,17-18,20-21H,5-8,11-12,15-16H2,1-4H3. The normalized spacial score (nSPS) is 22.1. The molecule has 0 aliphatic heterocycles. The van der Waals surface area contributed by atoms with Crippen molar-refractivity contribution in [3.63, 3.8) is 0 Å². The third kappa shape index (κ3) is 7.79. The van der Waals surface area contributed by atoms with Crippen molar-refractivity contribution < 1.29 is 14.2 Å². The molecule has 1 atom stereocenters. The van der Waals surface area contributed by atoms with Gasteiger partial charge in [-0.05, 0) is 81.4 Å². The topological polar surface area (TPSA) is 27.7 Å². The summed E-state index contributed by atoms with van der Waals surface area (Å²) in [5, 5.41) is 0. The van der Waals surface area contributed by atoms with Crippen molar-refractivity contribution in [2.45, 2.75) is 78.1 Å². The van der Waals surface area contributed by atoms with E-state index in [0.29, 0.717) is 6.10 Å². The molecular weight excluding hydrogens is 312 g/mol. The fourth-order valence-corrected chi connectivity index (χ4v) is 3.47. The van der Waals surface area contributed by atoms with Crippen LogP contribution in [0.15, 0.2) is 24.3 Å². The molecule has 0 N–H and O–H groups in total. The molecule has 25 heavy (non-hydrogen) atoms. The van der Waals surface area contributed by atoms with Crippen molar-refractivity contribution in [1.29, 1.82) is 0 Å². The Morgan fingerprint density at radius 2 is 1.68 bits per heavy atom. The van der Waals surface area contributed by atoms with Gasteiger partial charge >= 0.3 is 0 Å². The van der Waals surface area contributed by atoms with Gasteiger partial charge in [0.1, 0.15) is 5.75 Å². The van der Waals surface area contributed by atoms with Crippen molar-refractivity contribution in [1.82, 2.24) is 0 Å². The molecule has 0 heterocycles. The molecule has 1 saturated carbocycles. The van der Waals surface area contributed by atoms with Gasteiger partial charge in [-0.25, -0.2) is 0 Å². The number of benzene rings is 1. The van der Waals surface area contributed by atoms with E-state index in [1.165, 1.54) is 37.7 Å².